The largest absolute Gasteiger partial charge is 0.534 e. The minimum absolute atomic E-state index is 0.0212. The summed E-state index contributed by atoms with van der Waals surface area (Å²) in [4.78, 5) is 54.2. The molecule has 0 radical (unpaired) electrons. The van der Waals surface area contributed by atoms with Crippen molar-refractivity contribution in [2.24, 2.45) is 0 Å². The van der Waals surface area contributed by atoms with Crippen LogP contribution in [-0.4, -0.2) is 115 Å². The third kappa shape index (κ3) is 5.98. The molecule has 0 spiro atoms. The van der Waals surface area contributed by atoms with Gasteiger partial charge in [0, 0.05) is 0 Å². The highest BCUT2D eigenvalue weighted by Crippen LogP contribution is 2.50. The summed E-state index contributed by atoms with van der Waals surface area (Å²) in [7, 11) is -8.05. The van der Waals surface area contributed by atoms with Gasteiger partial charge in [-0.05, 0) is 4.57 Å². The van der Waals surface area contributed by atoms with Crippen molar-refractivity contribution < 1.29 is 56.8 Å². The Labute approximate surface area is 255 Å². The van der Waals surface area contributed by atoms with E-state index in [4.69, 9.17) is 34.7 Å². The predicted molar refractivity (Wildman–Crippen MR) is 148 cm³/mol. The molecule has 6 rings (SSSR count). The predicted octanol–water partition coefficient (Wildman–Crippen LogP) is -1.81. The molecule has 5 unspecified atom stereocenters. The number of nitrogens with zero attached hydrogens (tertiary/aromatic N) is 7. The highest BCUT2D eigenvalue weighted by atomic mass is 31.2. The summed E-state index contributed by atoms with van der Waals surface area (Å²) in [6, 6.07) is 0. The van der Waals surface area contributed by atoms with E-state index < -0.39 is 90.1 Å². The Morgan fingerprint density at radius 2 is 1.76 bits per heavy atom. The zero-order chi connectivity index (χ0) is 32.9. The van der Waals surface area contributed by atoms with Crippen molar-refractivity contribution >= 4 is 49.9 Å². The zero-order valence-corrected chi connectivity index (χ0v) is 24.9. The van der Waals surface area contributed by atoms with Gasteiger partial charge < -0.3 is 40.8 Å². The molecule has 4 aromatic heterocycles. The van der Waals surface area contributed by atoms with Crippen LogP contribution < -0.4 is 17.0 Å². The number of aliphatic hydroxyl groups excluding tert-OH is 2. The van der Waals surface area contributed by atoms with E-state index >= 15 is 4.39 Å². The molecular formula is C21H26FN10O12P2+. The standard InChI is InChI=1S/C21H25FN10O12P2/c22-9-13(40-6-45(36)37)8(43-19(9)32-5-28-11-17(32)29-21(24)30-18(11)35)2-41-46(38,39)44-14-12(34)7(1-33)42-20(14)31-4-27-10-15(23)25-3-26-16(10)31/h3-5,7-9,12-14,19-20,33-34H,1-2,6H2,(H6-,23,24,25,26,29,30,35,36,37,38,39)/p+1/t7-,8-,9?,12?,13?,14+,19-,20-/m1/s1. The summed E-state index contributed by atoms with van der Waals surface area (Å²) in [5.41, 5.74) is 10.7. The summed E-state index contributed by atoms with van der Waals surface area (Å²) in [5.74, 6) is -0.275. The normalized spacial score (nSPS) is 29.9. The number of fused-ring (bicyclic) bond motifs is 2. The number of aromatic amines is 1. The van der Waals surface area contributed by atoms with Crippen molar-refractivity contribution in [3.63, 3.8) is 0 Å². The third-order valence-electron chi connectivity index (χ3n) is 7.18. The number of aromatic nitrogens is 8. The Morgan fingerprint density at radius 3 is 2.48 bits per heavy atom. The number of aliphatic hydroxyl groups is 2. The number of hydrogen-bond donors (Lipinski definition) is 7. The summed E-state index contributed by atoms with van der Waals surface area (Å²) < 4.78 is 69.5. The number of rotatable bonds is 11. The summed E-state index contributed by atoms with van der Waals surface area (Å²) in [6.45, 7) is -1.58. The number of H-pyrrole nitrogens is 1. The average molecular weight is 691 g/mol. The maximum Gasteiger partial charge on any atom is 0.534 e. The number of alkyl halides is 1. The zero-order valence-electron chi connectivity index (χ0n) is 23.1. The number of nitrogen functional groups attached to an aromatic ring is 2. The number of hydrogen-bond acceptors (Lipinski definition) is 17. The van der Waals surface area contributed by atoms with E-state index in [2.05, 4.69) is 29.9 Å². The van der Waals surface area contributed by atoms with Gasteiger partial charge >= 0.3 is 15.9 Å². The average Bonchev–Trinajstić information content (AvgIpc) is 3.76. The number of anilines is 2. The number of nitrogens with two attached hydrogens (primary N) is 2. The maximum absolute atomic E-state index is 15.8. The molecule has 0 saturated carbocycles. The SMILES string of the molecule is Nc1nc2c(ncn2[C@@H]2O[C@H](COP(=O)(O)O[C@H]3C(O)[C@@H](CO)O[C@H]3n3cnc4c(N)ncnc43)C(OC[P+](=O)O)C2F)c(=O)[nH]1. The van der Waals surface area contributed by atoms with Crippen LogP contribution in [0.2, 0.25) is 0 Å². The van der Waals surface area contributed by atoms with Crippen LogP contribution in [0.5, 0.6) is 0 Å². The van der Waals surface area contributed by atoms with Gasteiger partial charge in [0.2, 0.25) is 5.95 Å². The van der Waals surface area contributed by atoms with E-state index in [1.54, 1.807) is 0 Å². The Kier molecular flexibility index (Phi) is 8.82. The molecule has 248 valence electrons. The van der Waals surface area contributed by atoms with Crippen LogP contribution in [0.1, 0.15) is 12.5 Å². The van der Waals surface area contributed by atoms with Gasteiger partial charge in [-0.3, -0.25) is 28.0 Å². The van der Waals surface area contributed by atoms with Crippen LogP contribution >= 0.6 is 15.9 Å². The van der Waals surface area contributed by atoms with E-state index in [-0.39, 0.29) is 34.1 Å². The number of phosphoric ester groups is 1. The van der Waals surface area contributed by atoms with Crippen LogP contribution in [0.25, 0.3) is 22.3 Å². The molecule has 2 aliphatic heterocycles. The fourth-order valence-electron chi connectivity index (χ4n) is 5.15. The highest BCUT2D eigenvalue weighted by Gasteiger charge is 2.52. The van der Waals surface area contributed by atoms with Crippen molar-refractivity contribution in [3.05, 3.63) is 29.3 Å². The second kappa shape index (κ2) is 12.5. The Balaban J connectivity index is 1.22. The van der Waals surface area contributed by atoms with Crippen molar-refractivity contribution in [3.8, 4) is 0 Å². The summed E-state index contributed by atoms with van der Waals surface area (Å²) in [5, 5.41) is 20.5. The van der Waals surface area contributed by atoms with E-state index in [1.807, 2.05) is 0 Å². The Morgan fingerprint density at radius 1 is 1.07 bits per heavy atom. The van der Waals surface area contributed by atoms with Gasteiger partial charge in [-0.25, -0.2) is 28.9 Å². The van der Waals surface area contributed by atoms with Crippen molar-refractivity contribution in [2.75, 3.05) is 31.0 Å². The summed E-state index contributed by atoms with van der Waals surface area (Å²) >= 11 is 0. The monoisotopic (exact) mass is 691 g/mol. The fraction of sp³-hybridized carbons (Fsp3) is 0.524. The van der Waals surface area contributed by atoms with Gasteiger partial charge in [-0.15, -0.1) is 0 Å². The van der Waals surface area contributed by atoms with Gasteiger partial charge in [0.15, 0.2) is 41.3 Å². The van der Waals surface area contributed by atoms with E-state index in [9.17, 15) is 33.9 Å². The molecule has 2 fully saturated rings. The Hall–Kier alpha value is -3.60. The fourth-order valence-corrected chi connectivity index (χ4v) is 6.38. The van der Waals surface area contributed by atoms with Gasteiger partial charge in [-0.2, -0.15) is 9.88 Å². The van der Waals surface area contributed by atoms with Crippen LogP contribution in [0.15, 0.2) is 23.8 Å². The molecular weight excluding hydrogens is 665 g/mol. The highest BCUT2D eigenvalue weighted by molar-refractivity contribution is 7.47. The van der Waals surface area contributed by atoms with E-state index in [0.717, 1.165) is 17.2 Å². The van der Waals surface area contributed by atoms with Gasteiger partial charge in [0.05, 0.1) is 25.9 Å². The van der Waals surface area contributed by atoms with E-state index in [0.29, 0.717) is 0 Å². The molecule has 22 nitrogen and oxygen atoms in total. The van der Waals surface area contributed by atoms with Crippen LogP contribution in [0.4, 0.5) is 16.2 Å². The molecule has 25 heteroatoms. The molecule has 10 atom stereocenters. The number of halogens is 1. The third-order valence-corrected chi connectivity index (χ3v) is 8.54. The second-order valence-electron chi connectivity index (χ2n) is 10.1. The molecule has 2 saturated heterocycles. The first-order valence-electron chi connectivity index (χ1n) is 13.2. The molecule has 0 aromatic carbocycles. The lowest BCUT2D eigenvalue weighted by Gasteiger charge is -2.25. The number of imidazole rings is 2. The molecule has 46 heavy (non-hydrogen) atoms. The summed E-state index contributed by atoms with van der Waals surface area (Å²) in [6.07, 6.45) is -10.2. The second-order valence-corrected chi connectivity index (χ2v) is 12.4. The van der Waals surface area contributed by atoms with Crippen LogP contribution in [-0.2, 0) is 32.4 Å². The van der Waals surface area contributed by atoms with E-state index in [1.165, 1.54) is 10.9 Å². The number of nitrogens with one attached hydrogen (secondary N) is 1. The smallest absolute Gasteiger partial charge is 0.394 e. The molecule has 2 aliphatic rings. The molecule has 6 heterocycles. The molecule has 0 amide bonds. The first-order chi connectivity index (χ1) is 21.9. The van der Waals surface area contributed by atoms with Gasteiger partial charge in [-0.1, -0.05) is 0 Å². The maximum atomic E-state index is 15.8. The first kappa shape index (κ1) is 32.3. The lowest BCUT2D eigenvalue weighted by atomic mass is 10.1. The van der Waals surface area contributed by atoms with Gasteiger partial charge in [0.25, 0.3) is 11.9 Å². The van der Waals surface area contributed by atoms with Crippen LogP contribution in [0, 0.1) is 0 Å². The number of phosphoric acid groups is 1. The van der Waals surface area contributed by atoms with Crippen molar-refractivity contribution in [1.82, 2.24) is 39.0 Å². The van der Waals surface area contributed by atoms with Gasteiger partial charge in [0.1, 0.15) is 42.4 Å². The molecule has 0 bridgehead atoms. The Bertz CT molecular complexity index is 1880. The lowest BCUT2D eigenvalue weighted by molar-refractivity contribution is -0.0647. The minimum atomic E-state index is -5.17. The topological polar surface area (TPSA) is 320 Å². The van der Waals surface area contributed by atoms with Crippen molar-refractivity contribution in [2.45, 2.75) is 49.1 Å². The quantitative estimate of drug-likeness (QED) is 0.0852. The van der Waals surface area contributed by atoms with Crippen molar-refractivity contribution in [1.29, 1.82) is 0 Å². The first-order valence-corrected chi connectivity index (χ1v) is 16.1. The lowest BCUT2D eigenvalue weighted by Crippen LogP contribution is -2.36. The molecule has 0 aliphatic carbocycles. The minimum Gasteiger partial charge on any atom is -0.394 e. The van der Waals surface area contributed by atoms with Crippen LogP contribution in [0.3, 0.4) is 0 Å². The number of ether oxygens (including phenoxy) is 3. The molecule has 9 N–H and O–H groups in total. The molecule has 4 aromatic rings.